The monoisotopic (exact) mass is 428 g/mol. The summed E-state index contributed by atoms with van der Waals surface area (Å²) in [5, 5.41) is 3.84. The van der Waals surface area contributed by atoms with Gasteiger partial charge in [-0.2, -0.15) is 4.98 Å². The van der Waals surface area contributed by atoms with Gasteiger partial charge in [0.2, 0.25) is 5.89 Å². The second-order valence-corrected chi connectivity index (χ2v) is 8.60. The molecule has 0 spiro atoms. The maximum absolute atomic E-state index is 12.9. The van der Waals surface area contributed by atoms with Crippen LogP contribution in [-0.4, -0.2) is 23.1 Å². The Morgan fingerprint density at radius 1 is 1.13 bits per heavy atom. The van der Waals surface area contributed by atoms with Crippen LogP contribution in [0.15, 0.2) is 55.0 Å². The second-order valence-electron chi connectivity index (χ2n) is 6.91. The van der Waals surface area contributed by atoms with Crippen molar-refractivity contribution in [3.05, 3.63) is 69.8 Å². The van der Waals surface area contributed by atoms with E-state index in [4.69, 9.17) is 8.94 Å². The molecular formula is C20H20N4O5S. The van der Waals surface area contributed by atoms with Crippen LogP contribution in [0.25, 0.3) is 11.1 Å². The molecule has 1 N–H and O–H groups in total. The Morgan fingerprint density at radius 2 is 1.87 bits per heavy atom. The van der Waals surface area contributed by atoms with Gasteiger partial charge in [-0.1, -0.05) is 30.3 Å². The molecule has 0 aliphatic carbocycles. The first-order chi connectivity index (χ1) is 14.3. The number of aromatic nitrogens is 3. The highest BCUT2D eigenvalue weighted by molar-refractivity contribution is 7.92. The molecule has 0 bridgehead atoms. The minimum atomic E-state index is -3.87. The summed E-state index contributed by atoms with van der Waals surface area (Å²) in [5.74, 6) is 0.173. The lowest BCUT2D eigenvalue weighted by molar-refractivity contribution is 0.375. The van der Waals surface area contributed by atoms with E-state index in [1.54, 1.807) is 0 Å². The summed E-state index contributed by atoms with van der Waals surface area (Å²) in [6.07, 6.45) is 0.586. The van der Waals surface area contributed by atoms with Gasteiger partial charge in [-0.05, 0) is 37.1 Å². The number of fused-ring (bicyclic) bond motifs is 1. The van der Waals surface area contributed by atoms with Crippen LogP contribution >= 0.6 is 0 Å². The standard InChI is InChI=1S/C20H20N4O5S/c1-4-18-21-17(22-29-18)11-24-15-9-8-14(10-16(15)28-20(24)25)30(26,27)23-19-12(2)6-5-7-13(19)3/h5-10,23H,4,11H2,1-3H3. The number of nitrogens with one attached hydrogen (secondary N) is 1. The smallest absolute Gasteiger partial charge is 0.408 e. The molecule has 4 aromatic rings. The van der Waals surface area contributed by atoms with E-state index in [1.807, 2.05) is 39.0 Å². The summed E-state index contributed by atoms with van der Waals surface area (Å²) < 4.78 is 40.1. The molecule has 0 aliphatic heterocycles. The molecule has 156 valence electrons. The molecule has 2 aromatic heterocycles. The van der Waals surface area contributed by atoms with Crippen LogP contribution in [0.1, 0.15) is 29.8 Å². The number of benzene rings is 2. The van der Waals surface area contributed by atoms with Crippen LogP contribution in [0.2, 0.25) is 0 Å². The van der Waals surface area contributed by atoms with Crippen molar-refractivity contribution >= 4 is 26.8 Å². The van der Waals surface area contributed by atoms with E-state index in [1.165, 1.54) is 22.8 Å². The van der Waals surface area contributed by atoms with Gasteiger partial charge in [0.15, 0.2) is 11.4 Å². The topological polar surface area (TPSA) is 120 Å². The van der Waals surface area contributed by atoms with Crippen molar-refractivity contribution in [2.24, 2.45) is 0 Å². The zero-order valence-electron chi connectivity index (χ0n) is 16.7. The Labute approximate surface area is 172 Å². The minimum absolute atomic E-state index is 0.00798. The molecule has 4 rings (SSSR count). The van der Waals surface area contributed by atoms with E-state index in [9.17, 15) is 13.2 Å². The van der Waals surface area contributed by atoms with E-state index >= 15 is 0 Å². The van der Waals surface area contributed by atoms with Crippen molar-refractivity contribution in [1.82, 2.24) is 14.7 Å². The molecule has 30 heavy (non-hydrogen) atoms. The zero-order chi connectivity index (χ0) is 21.5. The number of anilines is 1. The first kappa shape index (κ1) is 19.9. The number of rotatable bonds is 6. The average Bonchev–Trinajstić information content (AvgIpc) is 3.29. The van der Waals surface area contributed by atoms with Gasteiger partial charge in [0.25, 0.3) is 10.0 Å². The molecule has 0 fully saturated rings. The summed E-state index contributed by atoms with van der Waals surface area (Å²) >= 11 is 0. The molecule has 0 radical (unpaired) electrons. The number of sulfonamides is 1. The number of nitrogens with zero attached hydrogens (tertiary/aromatic N) is 3. The Balaban J connectivity index is 1.69. The Morgan fingerprint density at radius 3 is 2.53 bits per heavy atom. The van der Waals surface area contributed by atoms with Crippen LogP contribution in [-0.2, 0) is 23.0 Å². The molecule has 9 nitrogen and oxygen atoms in total. The fraction of sp³-hybridized carbons (Fsp3) is 0.250. The van der Waals surface area contributed by atoms with Gasteiger partial charge in [-0.3, -0.25) is 9.29 Å². The third-order valence-electron chi connectivity index (χ3n) is 4.78. The average molecular weight is 428 g/mol. The lowest BCUT2D eigenvalue weighted by atomic mass is 10.1. The summed E-state index contributed by atoms with van der Waals surface area (Å²) in [7, 11) is -3.87. The molecule has 0 amide bonds. The Bertz CT molecular complexity index is 1380. The van der Waals surface area contributed by atoms with E-state index in [0.717, 1.165) is 11.1 Å². The van der Waals surface area contributed by atoms with Crippen LogP contribution in [0, 0.1) is 13.8 Å². The first-order valence-electron chi connectivity index (χ1n) is 9.32. The van der Waals surface area contributed by atoms with Gasteiger partial charge in [-0.25, -0.2) is 13.2 Å². The molecule has 0 aliphatic rings. The molecule has 0 saturated heterocycles. The van der Waals surface area contributed by atoms with Crippen LogP contribution in [0.4, 0.5) is 5.69 Å². The maximum atomic E-state index is 12.9. The number of hydrogen-bond acceptors (Lipinski definition) is 7. The van der Waals surface area contributed by atoms with Crippen molar-refractivity contribution in [3.8, 4) is 0 Å². The fourth-order valence-electron chi connectivity index (χ4n) is 3.17. The van der Waals surface area contributed by atoms with Crippen molar-refractivity contribution < 1.29 is 17.4 Å². The molecule has 0 unspecified atom stereocenters. The summed E-state index contributed by atoms with van der Waals surface area (Å²) in [6.45, 7) is 5.59. The summed E-state index contributed by atoms with van der Waals surface area (Å²) in [4.78, 5) is 16.5. The molecule has 2 heterocycles. The maximum Gasteiger partial charge on any atom is 0.420 e. The number of para-hydroxylation sites is 1. The van der Waals surface area contributed by atoms with Crippen LogP contribution in [0.5, 0.6) is 0 Å². The van der Waals surface area contributed by atoms with Gasteiger partial charge in [-0.15, -0.1) is 0 Å². The first-order valence-corrected chi connectivity index (χ1v) is 10.8. The predicted octanol–water partition coefficient (Wildman–Crippen LogP) is 3.01. The SMILES string of the molecule is CCc1nc(Cn2c(=O)oc3cc(S(=O)(=O)Nc4c(C)cccc4C)ccc32)no1. The minimum Gasteiger partial charge on any atom is -0.408 e. The molecule has 10 heteroatoms. The fourth-order valence-corrected chi connectivity index (χ4v) is 4.39. The van der Waals surface area contributed by atoms with Crippen molar-refractivity contribution in [2.45, 2.75) is 38.6 Å². The lowest BCUT2D eigenvalue weighted by Gasteiger charge is -2.13. The highest BCUT2D eigenvalue weighted by atomic mass is 32.2. The highest BCUT2D eigenvalue weighted by Crippen LogP contribution is 2.25. The zero-order valence-corrected chi connectivity index (χ0v) is 17.5. The molecule has 0 saturated carbocycles. The van der Waals surface area contributed by atoms with Crippen molar-refractivity contribution in [1.29, 1.82) is 0 Å². The number of aryl methyl sites for hydroxylation is 3. The molecule has 2 aromatic carbocycles. The third kappa shape index (κ3) is 3.61. The van der Waals surface area contributed by atoms with Gasteiger partial charge < -0.3 is 8.94 Å². The van der Waals surface area contributed by atoms with Crippen molar-refractivity contribution in [3.63, 3.8) is 0 Å². The number of hydrogen-bond donors (Lipinski definition) is 1. The van der Waals surface area contributed by atoms with Gasteiger partial charge >= 0.3 is 5.76 Å². The van der Waals surface area contributed by atoms with Gasteiger partial charge in [0.05, 0.1) is 22.6 Å². The quantitative estimate of drug-likeness (QED) is 0.501. The van der Waals surface area contributed by atoms with Crippen molar-refractivity contribution in [2.75, 3.05) is 4.72 Å². The highest BCUT2D eigenvalue weighted by Gasteiger charge is 2.20. The normalized spacial score (nSPS) is 11.8. The molecule has 0 atom stereocenters. The van der Waals surface area contributed by atoms with Gasteiger partial charge in [0.1, 0.15) is 0 Å². The van der Waals surface area contributed by atoms with Gasteiger partial charge in [0, 0.05) is 12.5 Å². The van der Waals surface area contributed by atoms with Crippen LogP contribution < -0.4 is 10.5 Å². The van der Waals surface area contributed by atoms with E-state index < -0.39 is 15.8 Å². The third-order valence-corrected chi connectivity index (χ3v) is 6.13. The van der Waals surface area contributed by atoms with E-state index in [-0.39, 0.29) is 17.0 Å². The largest absolute Gasteiger partial charge is 0.420 e. The summed E-state index contributed by atoms with van der Waals surface area (Å²) in [5.41, 5.74) is 2.74. The predicted molar refractivity (Wildman–Crippen MR) is 110 cm³/mol. The second kappa shape index (κ2) is 7.45. The number of oxazole rings is 1. The van der Waals surface area contributed by atoms with E-state index in [2.05, 4.69) is 14.9 Å². The summed E-state index contributed by atoms with van der Waals surface area (Å²) in [6, 6.07) is 9.80. The lowest BCUT2D eigenvalue weighted by Crippen LogP contribution is -2.16. The Hall–Kier alpha value is -3.40. The van der Waals surface area contributed by atoms with E-state index in [0.29, 0.717) is 29.3 Å². The Kier molecular flexibility index (Phi) is 4.94. The molecular weight excluding hydrogens is 408 g/mol. The van der Waals surface area contributed by atoms with Crippen LogP contribution in [0.3, 0.4) is 0 Å².